The van der Waals surface area contributed by atoms with E-state index in [1.54, 1.807) is 24.5 Å². The van der Waals surface area contributed by atoms with Crippen molar-refractivity contribution in [1.29, 1.82) is 5.26 Å². The molecule has 0 radical (unpaired) electrons. The molecule has 0 amide bonds. The van der Waals surface area contributed by atoms with Crippen LogP contribution in [-0.2, 0) is 11.2 Å². The Labute approximate surface area is 118 Å². The van der Waals surface area contributed by atoms with Crippen molar-refractivity contribution in [2.45, 2.75) is 25.2 Å². The molecule has 0 saturated carbocycles. The molecule has 0 N–H and O–H groups in total. The fourth-order valence-corrected chi connectivity index (χ4v) is 2.13. The number of Topliss-reactive ketones (excluding diaryl/α,β-unsaturated/α-hetero) is 1. The van der Waals surface area contributed by atoms with Crippen LogP contribution >= 0.6 is 0 Å². The molecule has 0 fully saturated rings. The van der Waals surface area contributed by atoms with Crippen molar-refractivity contribution >= 4 is 5.78 Å². The van der Waals surface area contributed by atoms with Crippen LogP contribution in [-0.4, -0.2) is 10.8 Å². The van der Waals surface area contributed by atoms with Gasteiger partial charge < -0.3 is 0 Å². The van der Waals surface area contributed by atoms with Crippen LogP contribution in [0.25, 0.3) is 0 Å². The van der Waals surface area contributed by atoms with Gasteiger partial charge in [-0.15, -0.1) is 0 Å². The Balaban J connectivity index is 1.89. The highest BCUT2D eigenvalue weighted by molar-refractivity contribution is 5.88. The molecule has 1 unspecified atom stereocenters. The lowest BCUT2D eigenvalue weighted by atomic mass is 9.94. The largest absolute Gasteiger partial charge is 0.298 e. The van der Waals surface area contributed by atoms with Crippen molar-refractivity contribution in [2.24, 2.45) is 0 Å². The Morgan fingerprint density at radius 3 is 2.65 bits per heavy atom. The first kappa shape index (κ1) is 14.0. The third-order valence-corrected chi connectivity index (χ3v) is 3.20. The summed E-state index contributed by atoms with van der Waals surface area (Å²) in [5, 5.41) is 9.17. The molecule has 0 aliphatic heterocycles. The number of carbonyl (C=O) groups excluding carboxylic acids is 1. The lowest BCUT2D eigenvalue weighted by Gasteiger charge is -2.07. The van der Waals surface area contributed by atoms with Crippen molar-refractivity contribution < 1.29 is 4.79 Å². The van der Waals surface area contributed by atoms with E-state index in [4.69, 9.17) is 5.26 Å². The molecule has 2 aromatic rings. The zero-order valence-electron chi connectivity index (χ0n) is 11.2. The van der Waals surface area contributed by atoms with Gasteiger partial charge in [-0.2, -0.15) is 5.26 Å². The van der Waals surface area contributed by atoms with Gasteiger partial charge in [-0.25, -0.2) is 0 Å². The van der Waals surface area contributed by atoms with Gasteiger partial charge in [0, 0.05) is 18.8 Å². The minimum Gasteiger partial charge on any atom is -0.298 e. The van der Waals surface area contributed by atoms with Gasteiger partial charge in [-0.05, 0) is 30.0 Å². The van der Waals surface area contributed by atoms with Crippen LogP contribution in [0, 0.1) is 11.3 Å². The average molecular weight is 264 g/mol. The summed E-state index contributed by atoms with van der Waals surface area (Å²) in [5.41, 5.74) is 1.90. The quantitative estimate of drug-likeness (QED) is 0.804. The fraction of sp³-hybridized carbons (Fsp3) is 0.235. The summed E-state index contributed by atoms with van der Waals surface area (Å²) in [6.07, 6.45) is 5.27. The number of rotatable bonds is 6. The molecule has 100 valence electrons. The maximum absolute atomic E-state index is 12.1. The molecule has 0 spiro atoms. The summed E-state index contributed by atoms with van der Waals surface area (Å²) in [6, 6.07) is 15.7. The van der Waals surface area contributed by atoms with Crippen LogP contribution in [0.4, 0.5) is 0 Å². The predicted octanol–water partition coefficient (Wildman–Crippen LogP) is 3.28. The normalized spacial score (nSPS) is 11.6. The Bertz CT molecular complexity index is 587. The SMILES string of the molecule is N#CC(C(=O)CCCc1ccccc1)c1cccnc1. The molecule has 20 heavy (non-hydrogen) atoms. The summed E-state index contributed by atoms with van der Waals surface area (Å²) in [4.78, 5) is 16.1. The summed E-state index contributed by atoms with van der Waals surface area (Å²) >= 11 is 0. The van der Waals surface area contributed by atoms with Crippen molar-refractivity contribution in [1.82, 2.24) is 4.98 Å². The second kappa shape index (κ2) is 7.20. The van der Waals surface area contributed by atoms with Crippen LogP contribution in [0.3, 0.4) is 0 Å². The van der Waals surface area contributed by atoms with E-state index in [1.807, 2.05) is 30.3 Å². The number of ketones is 1. The maximum Gasteiger partial charge on any atom is 0.154 e. The summed E-state index contributed by atoms with van der Waals surface area (Å²) in [5.74, 6) is -0.726. The monoisotopic (exact) mass is 264 g/mol. The average Bonchev–Trinajstić information content (AvgIpc) is 2.50. The smallest absolute Gasteiger partial charge is 0.154 e. The van der Waals surface area contributed by atoms with Gasteiger partial charge in [0.1, 0.15) is 5.92 Å². The van der Waals surface area contributed by atoms with E-state index in [1.165, 1.54) is 5.56 Å². The Morgan fingerprint density at radius 1 is 1.20 bits per heavy atom. The topological polar surface area (TPSA) is 53.8 Å². The molecule has 0 bridgehead atoms. The van der Waals surface area contributed by atoms with Crippen LogP contribution < -0.4 is 0 Å². The molecule has 3 heteroatoms. The van der Waals surface area contributed by atoms with Gasteiger partial charge in [-0.3, -0.25) is 9.78 Å². The number of aromatic nitrogens is 1. The number of pyridine rings is 1. The van der Waals surface area contributed by atoms with E-state index < -0.39 is 5.92 Å². The molecule has 0 aliphatic carbocycles. The fourth-order valence-electron chi connectivity index (χ4n) is 2.13. The van der Waals surface area contributed by atoms with E-state index in [2.05, 4.69) is 11.1 Å². The lowest BCUT2D eigenvalue weighted by Crippen LogP contribution is -2.11. The first-order valence-electron chi connectivity index (χ1n) is 6.67. The molecule has 0 aliphatic rings. The second-order valence-electron chi connectivity index (χ2n) is 4.65. The minimum atomic E-state index is -0.695. The lowest BCUT2D eigenvalue weighted by molar-refractivity contribution is -0.119. The zero-order valence-corrected chi connectivity index (χ0v) is 11.2. The Morgan fingerprint density at radius 2 is 2.00 bits per heavy atom. The van der Waals surface area contributed by atoms with Gasteiger partial charge in [0.15, 0.2) is 5.78 Å². The molecular formula is C17H16N2O. The highest BCUT2D eigenvalue weighted by atomic mass is 16.1. The number of hydrogen-bond donors (Lipinski definition) is 0. The van der Waals surface area contributed by atoms with Crippen LogP contribution in [0.2, 0.25) is 0 Å². The van der Waals surface area contributed by atoms with Crippen LogP contribution in [0.5, 0.6) is 0 Å². The van der Waals surface area contributed by atoms with Crippen molar-refractivity contribution in [3.8, 4) is 6.07 Å². The van der Waals surface area contributed by atoms with Crippen LogP contribution in [0.1, 0.15) is 29.9 Å². The molecule has 1 heterocycles. The third-order valence-electron chi connectivity index (χ3n) is 3.20. The molecule has 1 atom stereocenters. The Hall–Kier alpha value is -2.47. The third kappa shape index (κ3) is 3.76. The highest BCUT2D eigenvalue weighted by Crippen LogP contribution is 2.18. The number of benzene rings is 1. The van der Waals surface area contributed by atoms with E-state index >= 15 is 0 Å². The minimum absolute atomic E-state index is 0.0311. The van der Waals surface area contributed by atoms with Crippen molar-refractivity contribution in [3.05, 3.63) is 66.0 Å². The van der Waals surface area contributed by atoms with Gasteiger partial charge in [0.25, 0.3) is 0 Å². The first-order valence-corrected chi connectivity index (χ1v) is 6.67. The molecular weight excluding hydrogens is 248 g/mol. The molecule has 1 aromatic heterocycles. The first-order chi connectivity index (χ1) is 9.81. The van der Waals surface area contributed by atoms with Gasteiger partial charge in [-0.1, -0.05) is 36.4 Å². The number of carbonyl (C=O) groups is 1. The summed E-state index contributed by atoms with van der Waals surface area (Å²) in [7, 11) is 0. The van der Waals surface area contributed by atoms with Crippen LogP contribution in [0.15, 0.2) is 54.9 Å². The predicted molar refractivity (Wildman–Crippen MR) is 77.0 cm³/mol. The van der Waals surface area contributed by atoms with Crippen molar-refractivity contribution in [2.75, 3.05) is 0 Å². The zero-order chi connectivity index (χ0) is 14.2. The number of aryl methyl sites for hydroxylation is 1. The molecule has 0 saturated heterocycles. The standard InChI is InChI=1S/C17H16N2O/c18-12-16(15-9-5-11-19-13-15)17(20)10-4-8-14-6-2-1-3-7-14/h1-3,5-7,9,11,13,16H,4,8,10H2. The number of nitrogens with zero attached hydrogens (tertiary/aromatic N) is 2. The molecule has 1 aromatic carbocycles. The highest BCUT2D eigenvalue weighted by Gasteiger charge is 2.19. The van der Waals surface area contributed by atoms with Gasteiger partial charge >= 0.3 is 0 Å². The summed E-state index contributed by atoms with van der Waals surface area (Å²) < 4.78 is 0. The second-order valence-corrected chi connectivity index (χ2v) is 4.65. The number of nitriles is 1. The Kier molecular flexibility index (Phi) is 5.02. The van der Waals surface area contributed by atoms with E-state index in [0.717, 1.165) is 12.8 Å². The molecule has 3 nitrogen and oxygen atoms in total. The number of hydrogen-bond acceptors (Lipinski definition) is 3. The van der Waals surface area contributed by atoms with E-state index in [9.17, 15) is 4.79 Å². The van der Waals surface area contributed by atoms with Gasteiger partial charge in [0.05, 0.1) is 6.07 Å². The molecule has 2 rings (SSSR count). The maximum atomic E-state index is 12.1. The van der Waals surface area contributed by atoms with E-state index in [-0.39, 0.29) is 5.78 Å². The van der Waals surface area contributed by atoms with Gasteiger partial charge in [0.2, 0.25) is 0 Å². The van der Waals surface area contributed by atoms with E-state index in [0.29, 0.717) is 12.0 Å². The van der Waals surface area contributed by atoms with Crippen molar-refractivity contribution in [3.63, 3.8) is 0 Å². The summed E-state index contributed by atoms with van der Waals surface area (Å²) in [6.45, 7) is 0.